The predicted octanol–water partition coefficient (Wildman–Crippen LogP) is 0.870. The molecule has 5 nitrogen and oxygen atoms in total. The lowest BCUT2D eigenvalue weighted by Crippen LogP contribution is -2.38. The Morgan fingerprint density at radius 1 is 1.16 bits per heavy atom. The third-order valence-corrected chi connectivity index (χ3v) is 2.88. The smallest absolute Gasteiger partial charge is 0.239 e. The van der Waals surface area contributed by atoms with E-state index in [4.69, 9.17) is 4.74 Å². The zero-order chi connectivity index (χ0) is 14.1. The van der Waals surface area contributed by atoms with Gasteiger partial charge in [-0.05, 0) is 17.7 Å². The molecule has 0 bridgehead atoms. The molecule has 1 rings (SSSR count). The summed E-state index contributed by atoms with van der Waals surface area (Å²) in [6.07, 6.45) is 0.263. The number of hydrogen-bond donors (Lipinski definition) is 2. The van der Waals surface area contributed by atoms with Crippen molar-refractivity contribution in [2.75, 3.05) is 26.8 Å². The standard InChI is InChI=1S/C13H17BrN2O3/c1-19-7-6-15-13(18)9-16-12(17)8-10-2-4-11(14)5-3-10/h2-5H,6-9H2,1H3,(H,15,18)(H,16,17). The van der Waals surface area contributed by atoms with Crippen molar-refractivity contribution in [3.05, 3.63) is 34.3 Å². The van der Waals surface area contributed by atoms with Crippen LogP contribution in [0, 0.1) is 0 Å². The van der Waals surface area contributed by atoms with Crippen molar-refractivity contribution in [1.82, 2.24) is 10.6 Å². The van der Waals surface area contributed by atoms with Crippen LogP contribution in [0.25, 0.3) is 0 Å². The summed E-state index contributed by atoms with van der Waals surface area (Å²) < 4.78 is 5.77. The molecule has 0 aromatic heterocycles. The van der Waals surface area contributed by atoms with Crippen LogP contribution in [0.4, 0.5) is 0 Å². The summed E-state index contributed by atoms with van der Waals surface area (Å²) in [4.78, 5) is 22.9. The molecule has 1 aromatic carbocycles. The van der Waals surface area contributed by atoms with Crippen molar-refractivity contribution in [1.29, 1.82) is 0 Å². The first-order chi connectivity index (χ1) is 9.11. The highest BCUT2D eigenvalue weighted by Gasteiger charge is 2.06. The highest BCUT2D eigenvalue weighted by molar-refractivity contribution is 9.10. The third-order valence-electron chi connectivity index (χ3n) is 2.35. The lowest BCUT2D eigenvalue weighted by Gasteiger charge is -2.06. The van der Waals surface area contributed by atoms with Gasteiger partial charge in [-0.2, -0.15) is 0 Å². The van der Waals surface area contributed by atoms with Gasteiger partial charge < -0.3 is 15.4 Å². The number of amides is 2. The number of carbonyl (C=O) groups is 2. The SMILES string of the molecule is COCCNC(=O)CNC(=O)Cc1ccc(Br)cc1. The molecule has 0 aliphatic rings. The second-order valence-corrected chi connectivity index (χ2v) is 4.84. The van der Waals surface area contributed by atoms with Crippen molar-refractivity contribution in [2.24, 2.45) is 0 Å². The van der Waals surface area contributed by atoms with Crippen LogP contribution < -0.4 is 10.6 Å². The zero-order valence-corrected chi connectivity index (χ0v) is 12.3. The Morgan fingerprint density at radius 3 is 2.47 bits per heavy atom. The van der Waals surface area contributed by atoms with Crippen LogP contribution in [0.5, 0.6) is 0 Å². The van der Waals surface area contributed by atoms with Crippen molar-refractivity contribution in [3.8, 4) is 0 Å². The van der Waals surface area contributed by atoms with E-state index in [9.17, 15) is 9.59 Å². The summed E-state index contributed by atoms with van der Waals surface area (Å²) in [5.41, 5.74) is 0.903. The summed E-state index contributed by atoms with van der Waals surface area (Å²) in [5.74, 6) is -0.398. The fourth-order valence-electron chi connectivity index (χ4n) is 1.38. The van der Waals surface area contributed by atoms with E-state index >= 15 is 0 Å². The Bertz CT molecular complexity index is 420. The number of rotatable bonds is 7. The van der Waals surface area contributed by atoms with E-state index in [2.05, 4.69) is 26.6 Å². The molecule has 2 amide bonds. The van der Waals surface area contributed by atoms with Crippen molar-refractivity contribution < 1.29 is 14.3 Å². The Morgan fingerprint density at radius 2 is 1.84 bits per heavy atom. The number of hydrogen-bond acceptors (Lipinski definition) is 3. The van der Waals surface area contributed by atoms with Crippen LogP contribution in [-0.4, -0.2) is 38.6 Å². The van der Waals surface area contributed by atoms with Gasteiger partial charge in [-0.1, -0.05) is 28.1 Å². The minimum atomic E-state index is -0.221. The maximum atomic E-state index is 11.6. The van der Waals surface area contributed by atoms with E-state index in [0.717, 1.165) is 10.0 Å². The molecule has 0 heterocycles. The lowest BCUT2D eigenvalue weighted by atomic mass is 10.1. The number of ether oxygens (including phenoxy) is 1. The van der Waals surface area contributed by atoms with Gasteiger partial charge in [0.25, 0.3) is 0 Å². The van der Waals surface area contributed by atoms with Crippen LogP contribution in [-0.2, 0) is 20.7 Å². The van der Waals surface area contributed by atoms with Gasteiger partial charge in [0.1, 0.15) is 0 Å². The average molecular weight is 329 g/mol. The number of benzene rings is 1. The normalized spacial score (nSPS) is 10.0. The summed E-state index contributed by atoms with van der Waals surface area (Å²) in [6, 6.07) is 7.48. The van der Waals surface area contributed by atoms with Gasteiger partial charge in [-0.3, -0.25) is 9.59 Å². The molecule has 0 unspecified atom stereocenters. The van der Waals surface area contributed by atoms with Crippen LogP contribution in [0.15, 0.2) is 28.7 Å². The van der Waals surface area contributed by atoms with E-state index in [1.165, 1.54) is 0 Å². The first kappa shape index (κ1) is 15.7. The van der Waals surface area contributed by atoms with E-state index < -0.39 is 0 Å². The van der Waals surface area contributed by atoms with Gasteiger partial charge in [0, 0.05) is 18.1 Å². The van der Waals surface area contributed by atoms with Crippen LogP contribution in [0.2, 0.25) is 0 Å². The Hall–Kier alpha value is -1.40. The molecule has 19 heavy (non-hydrogen) atoms. The highest BCUT2D eigenvalue weighted by Crippen LogP contribution is 2.10. The van der Waals surface area contributed by atoms with Crippen LogP contribution >= 0.6 is 15.9 Å². The molecule has 0 spiro atoms. The third kappa shape index (κ3) is 6.93. The topological polar surface area (TPSA) is 67.4 Å². The number of methoxy groups -OCH3 is 1. The van der Waals surface area contributed by atoms with Crippen molar-refractivity contribution >= 4 is 27.7 Å². The number of nitrogens with one attached hydrogen (secondary N) is 2. The monoisotopic (exact) mass is 328 g/mol. The van der Waals surface area contributed by atoms with Crippen molar-refractivity contribution in [2.45, 2.75) is 6.42 Å². The van der Waals surface area contributed by atoms with Gasteiger partial charge in [-0.25, -0.2) is 0 Å². The molecule has 0 saturated heterocycles. The van der Waals surface area contributed by atoms with E-state index in [-0.39, 0.29) is 24.8 Å². The molecule has 104 valence electrons. The van der Waals surface area contributed by atoms with Gasteiger partial charge in [0.15, 0.2) is 0 Å². The van der Waals surface area contributed by atoms with Crippen LogP contribution in [0.1, 0.15) is 5.56 Å². The molecule has 0 saturated carbocycles. The minimum Gasteiger partial charge on any atom is -0.383 e. The maximum absolute atomic E-state index is 11.6. The van der Waals surface area contributed by atoms with E-state index in [0.29, 0.717) is 13.2 Å². The highest BCUT2D eigenvalue weighted by atomic mass is 79.9. The van der Waals surface area contributed by atoms with E-state index in [1.54, 1.807) is 7.11 Å². The van der Waals surface area contributed by atoms with Gasteiger partial charge in [-0.15, -0.1) is 0 Å². The molecule has 6 heteroatoms. The maximum Gasteiger partial charge on any atom is 0.239 e. The fourth-order valence-corrected chi connectivity index (χ4v) is 1.65. The first-order valence-corrected chi connectivity index (χ1v) is 6.68. The second-order valence-electron chi connectivity index (χ2n) is 3.92. The Labute approximate surface area is 120 Å². The van der Waals surface area contributed by atoms with Crippen LogP contribution in [0.3, 0.4) is 0 Å². The zero-order valence-electron chi connectivity index (χ0n) is 10.7. The molecule has 0 aliphatic carbocycles. The quantitative estimate of drug-likeness (QED) is 0.730. The lowest BCUT2D eigenvalue weighted by molar-refractivity contribution is -0.125. The minimum absolute atomic E-state index is 0.0148. The largest absolute Gasteiger partial charge is 0.383 e. The van der Waals surface area contributed by atoms with E-state index in [1.807, 2.05) is 24.3 Å². The summed E-state index contributed by atoms with van der Waals surface area (Å²) in [6.45, 7) is 0.884. The molecule has 0 atom stereocenters. The fraction of sp³-hybridized carbons (Fsp3) is 0.385. The average Bonchev–Trinajstić information content (AvgIpc) is 2.39. The summed E-state index contributed by atoms with van der Waals surface area (Å²) in [7, 11) is 1.56. The summed E-state index contributed by atoms with van der Waals surface area (Å²) >= 11 is 3.33. The number of carbonyl (C=O) groups excluding carboxylic acids is 2. The Kier molecular flexibility index (Phi) is 7.14. The first-order valence-electron chi connectivity index (χ1n) is 5.88. The molecule has 0 radical (unpaired) electrons. The molecule has 2 N–H and O–H groups in total. The summed E-state index contributed by atoms with van der Waals surface area (Å²) in [5, 5.41) is 5.19. The molecule has 0 fully saturated rings. The molecular weight excluding hydrogens is 312 g/mol. The predicted molar refractivity (Wildman–Crippen MR) is 75.7 cm³/mol. The van der Waals surface area contributed by atoms with Gasteiger partial charge in [0.2, 0.25) is 11.8 Å². The number of halogens is 1. The Balaban J connectivity index is 2.24. The van der Waals surface area contributed by atoms with Gasteiger partial charge >= 0.3 is 0 Å². The molecule has 0 aliphatic heterocycles. The molecule has 1 aromatic rings. The molecular formula is C13H17BrN2O3. The van der Waals surface area contributed by atoms with Gasteiger partial charge in [0.05, 0.1) is 19.6 Å². The second kappa shape index (κ2) is 8.66. The van der Waals surface area contributed by atoms with Crippen molar-refractivity contribution in [3.63, 3.8) is 0 Å².